The van der Waals surface area contributed by atoms with Gasteiger partial charge in [-0.3, -0.25) is 39.0 Å². The molecule has 5 amide bonds. The molecule has 0 aliphatic carbocycles. The number of rotatable bonds is 30. The van der Waals surface area contributed by atoms with Crippen LogP contribution in [0.3, 0.4) is 0 Å². The number of fused-ring (bicyclic) bond motifs is 1. The molecule has 296 valence electrons. The number of ether oxygens (including phenoxy) is 6. The maximum atomic E-state index is 13.2. The van der Waals surface area contributed by atoms with Gasteiger partial charge in [0.2, 0.25) is 17.7 Å². The van der Waals surface area contributed by atoms with Gasteiger partial charge in [-0.15, -0.1) is 0 Å². The number of benzene rings is 1. The van der Waals surface area contributed by atoms with E-state index in [1.807, 2.05) is 0 Å². The maximum Gasteiger partial charge on any atom is 0.305 e. The molecule has 1 saturated heterocycles. The molecule has 2 aliphatic rings. The van der Waals surface area contributed by atoms with Crippen LogP contribution in [0.2, 0.25) is 0 Å². The SMILES string of the molecule is CCCCCCCCC(=O)OCCOCCOCCOCCOCCOCCCCCC(=O)Nc1cccc2c1C(=O)N(C1CCC(=O)NC1=O)C2=O. The van der Waals surface area contributed by atoms with Crippen LogP contribution in [0.25, 0.3) is 0 Å². The molecule has 0 radical (unpaired) electrons. The molecule has 0 bridgehead atoms. The summed E-state index contributed by atoms with van der Waals surface area (Å²) >= 11 is 0. The third-order valence-corrected chi connectivity index (χ3v) is 8.65. The number of unbranched alkanes of at least 4 members (excludes halogenated alkanes) is 7. The highest BCUT2D eigenvalue weighted by Crippen LogP contribution is 2.32. The normalized spacial score (nSPS) is 15.5. The minimum atomic E-state index is -1.07. The van der Waals surface area contributed by atoms with Gasteiger partial charge >= 0.3 is 5.97 Å². The van der Waals surface area contributed by atoms with Crippen LogP contribution in [-0.2, 0) is 47.6 Å². The van der Waals surface area contributed by atoms with Gasteiger partial charge in [0.25, 0.3) is 11.8 Å². The fourth-order valence-electron chi connectivity index (χ4n) is 5.82. The molecule has 0 saturated carbocycles. The van der Waals surface area contributed by atoms with Gasteiger partial charge < -0.3 is 33.7 Å². The molecule has 2 N–H and O–H groups in total. The average molecular weight is 748 g/mol. The molecule has 3 rings (SSSR count). The van der Waals surface area contributed by atoms with E-state index in [2.05, 4.69) is 17.6 Å². The Morgan fingerprint density at radius 3 is 1.91 bits per heavy atom. The summed E-state index contributed by atoms with van der Waals surface area (Å²) < 4.78 is 32.6. The average Bonchev–Trinajstić information content (AvgIpc) is 3.39. The van der Waals surface area contributed by atoms with E-state index in [4.69, 9.17) is 28.4 Å². The van der Waals surface area contributed by atoms with Crippen molar-refractivity contribution in [3.8, 4) is 0 Å². The van der Waals surface area contributed by atoms with Crippen molar-refractivity contribution in [2.75, 3.05) is 78.0 Å². The molecule has 0 aromatic heterocycles. The highest BCUT2D eigenvalue weighted by atomic mass is 16.6. The van der Waals surface area contributed by atoms with Crippen LogP contribution in [0.1, 0.15) is 111 Å². The van der Waals surface area contributed by atoms with Crippen molar-refractivity contribution in [2.24, 2.45) is 0 Å². The molecule has 15 heteroatoms. The van der Waals surface area contributed by atoms with E-state index in [0.717, 1.165) is 30.6 Å². The van der Waals surface area contributed by atoms with Crippen molar-refractivity contribution < 1.29 is 57.2 Å². The first kappa shape index (κ1) is 43.6. The fourth-order valence-corrected chi connectivity index (χ4v) is 5.82. The first-order valence-corrected chi connectivity index (χ1v) is 19.0. The summed E-state index contributed by atoms with van der Waals surface area (Å²) in [6, 6.07) is 3.53. The van der Waals surface area contributed by atoms with E-state index >= 15 is 0 Å². The second-order valence-electron chi connectivity index (χ2n) is 12.8. The molecule has 1 atom stereocenters. The molecule has 1 aromatic carbocycles. The van der Waals surface area contributed by atoms with Crippen LogP contribution in [0.4, 0.5) is 5.69 Å². The number of anilines is 1. The smallest absolute Gasteiger partial charge is 0.305 e. The summed E-state index contributed by atoms with van der Waals surface area (Å²) in [5, 5.41) is 4.90. The van der Waals surface area contributed by atoms with Gasteiger partial charge in [0.05, 0.1) is 76.3 Å². The van der Waals surface area contributed by atoms with Crippen LogP contribution >= 0.6 is 0 Å². The Labute approximate surface area is 312 Å². The Morgan fingerprint density at radius 2 is 1.26 bits per heavy atom. The quantitative estimate of drug-likeness (QED) is 0.0657. The molecular weight excluding hydrogens is 690 g/mol. The van der Waals surface area contributed by atoms with E-state index in [-0.39, 0.29) is 54.6 Å². The van der Waals surface area contributed by atoms with Gasteiger partial charge in [-0.1, -0.05) is 51.5 Å². The Kier molecular flexibility index (Phi) is 21.5. The molecule has 1 fully saturated rings. The van der Waals surface area contributed by atoms with Crippen molar-refractivity contribution in [3.63, 3.8) is 0 Å². The zero-order valence-corrected chi connectivity index (χ0v) is 31.1. The van der Waals surface area contributed by atoms with Gasteiger partial charge in [-0.2, -0.15) is 0 Å². The topological polar surface area (TPSA) is 185 Å². The second kappa shape index (κ2) is 26.1. The largest absolute Gasteiger partial charge is 0.463 e. The Hall–Kier alpha value is -3.76. The van der Waals surface area contributed by atoms with Gasteiger partial charge in [-0.05, 0) is 37.8 Å². The minimum absolute atomic E-state index is 0.0290. The summed E-state index contributed by atoms with van der Waals surface area (Å²) in [5.41, 5.74) is 0.382. The van der Waals surface area contributed by atoms with E-state index in [1.165, 1.54) is 31.7 Å². The van der Waals surface area contributed by atoms with Crippen LogP contribution < -0.4 is 10.6 Å². The Bertz CT molecular complexity index is 1320. The third kappa shape index (κ3) is 16.4. The monoisotopic (exact) mass is 747 g/mol. The number of hydrogen-bond donors (Lipinski definition) is 2. The molecular formula is C38H57N3O12. The molecule has 2 aliphatic heterocycles. The van der Waals surface area contributed by atoms with Gasteiger partial charge in [0, 0.05) is 25.9 Å². The lowest BCUT2D eigenvalue weighted by atomic mass is 10.0. The number of hydrogen-bond acceptors (Lipinski definition) is 12. The summed E-state index contributed by atoms with van der Waals surface area (Å²) in [6.45, 7) is 6.86. The van der Waals surface area contributed by atoms with E-state index < -0.39 is 29.7 Å². The Morgan fingerprint density at radius 1 is 0.698 bits per heavy atom. The van der Waals surface area contributed by atoms with Crippen LogP contribution in [0.5, 0.6) is 0 Å². The van der Waals surface area contributed by atoms with Crippen molar-refractivity contribution >= 4 is 41.2 Å². The number of carbonyl (C=O) groups is 6. The molecule has 15 nitrogen and oxygen atoms in total. The highest BCUT2D eigenvalue weighted by Gasteiger charge is 2.45. The zero-order valence-electron chi connectivity index (χ0n) is 31.1. The second-order valence-corrected chi connectivity index (χ2v) is 12.8. The van der Waals surface area contributed by atoms with Gasteiger partial charge in [0.1, 0.15) is 12.6 Å². The number of nitrogens with zero attached hydrogens (tertiary/aromatic N) is 1. The van der Waals surface area contributed by atoms with Crippen LogP contribution in [0, 0.1) is 0 Å². The fraction of sp³-hybridized carbons (Fsp3) is 0.684. The number of carbonyl (C=O) groups excluding carboxylic acids is 6. The number of nitrogens with one attached hydrogen (secondary N) is 2. The molecule has 53 heavy (non-hydrogen) atoms. The van der Waals surface area contributed by atoms with Gasteiger partial charge in [-0.25, -0.2) is 0 Å². The molecule has 1 unspecified atom stereocenters. The highest BCUT2D eigenvalue weighted by molar-refractivity contribution is 6.26. The Balaban J connectivity index is 1.08. The number of amides is 5. The van der Waals surface area contributed by atoms with Crippen LogP contribution in [-0.4, -0.2) is 119 Å². The molecule has 2 heterocycles. The van der Waals surface area contributed by atoms with Crippen molar-refractivity contribution in [2.45, 2.75) is 96.4 Å². The number of imide groups is 2. The maximum absolute atomic E-state index is 13.2. The molecule has 0 spiro atoms. The number of piperidine rings is 1. The summed E-state index contributed by atoms with van der Waals surface area (Å²) in [4.78, 5) is 75.2. The first-order chi connectivity index (χ1) is 25.8. The van der Waals surface area contributed by atoms with Crippen molar-refractivity contribution in [3.05, 3.63) is 29.3 Å². The van der Waals surface area contributed by atoms with Crippen molar-refractivity contribution in [1.29, 1.82) is 0 Å². The lowest BCUT2D eigenvalue weighted by molar-refractivity contribution is -0.145. The minimum Gasteiger partial charge on any atom is -0.463 e. The summed E-state index contributed by atoms with van der Waals surface area (Å²) in [6.07, 6.45) is 9.75. The predicted molar refractivity (Wildman–Crippen MR) is 193 cm³/mol. The predicted octanol–water partition coefficient (Wildman–Crippen LogP) is 3.96. The lowest BCUT2D eigenvalue weighted by Gasteiger charge is -2.27. The van der Waals surface area contributed by atoms with Crippen molar-refractivity contribution in [1.82, 2.24) is 10.2 Å². The van der Waals surface area contributed by atoms with E-state index in [9.17, 15) is 28.8 Å². The van der Waals surface area contributed by atoms with E-state index in [1.54, 1.807) is 12.1 Å². The standard InChI is InChI=1S/C38H57N3O12/c1-2-3-4-5-6-9-15-34(44)53-28-27-52-26-25-51-24-23-50-22-21-49-20-19-48-18-10-7-8-14-32(42)39-30-13-11-12-29-35(30)38(47)41(37(29)46)31-16-17-33(43)40-36(31)45/h11-13,31H,2-10,14-28H2,1H3,(H,39,42)(H,40,43,45). The van der Waals surface area contributed by atoms with Crippen LogP contribution in [0.15, 0.2) is 18.2 Å². The van der Waals surface area contributed by atoms with E-state index in [0.29, 0.717) is 78.9 Å². The summed E-state index contributed by atoms with van der Waals surface area (Å²) in [5.74, 6) is -2.88. The first-order valence-electron chi connectivity index (χ1n) is 19.0. The number of esters is 1. The third-order valence-electron chi connectivity index (χ3n) is 8.65. The molecule has 1 aromatic rings. The van der Waals surface area contributed by atoms with Gasteiger partial charge in [0.15, 0.2) is 0 Å². The lowest BCUT2D eigenvalue weighted by Crippen LogP contribution is -2.54. The summed E-state index contributed by atoms with van der Waals surface area (Å²) in [7, 11) is 0. The zero-order chi connectivity index (χ0) is 38.1.